The Balaban J connectivity index is 1.87. The number of carbonyl (C=O) groups is 1. The highest BCUT2D eigenvalue weighted by Crippen LogP contribution is 2.30. The van der Waals surface area contributed by atoms with Gasteiger partial charge in [0, 0.05) is 12.5 Å². The van der Waals surface area contributed by atoms with E-state index in [1.165, 1.54) is 29.5 Å². The van der Waals surface area contributed by atoms with Crippen LogP contribution < -0.4 is 9.50 Å². The fraction of sp³-hybridized carbons (Fsp3) is 0.125. The topological polar surface area (TPSA) is 85.4 Å². The van der Waals surface area contributed by atoms with Gasteiger partial charge in [-0.2, -0.15) is 8.42 Å². The molecule has 2 aromatic carbocycles. The number of nitrogens with one attached hydrogen (secondary N) is 1. The highest BCUT2D eigenvalue weighted by molar-refractivity contribution is 7.87. The van der Waals surface area contributed by atoms with E-state index in [2.05, 4.69) is 10.3 Å². The van der Waals surface area contributed by atoms with Gasteiger partial charge < -0.3 is 9.50 Å². The summed E-state index contributed by atoms with van der Waals surface area (Å²) in [5, 5.41) is 3.16. The van der Waals surface area contributed by atoms with Crippen LogP contribution in [0.5, 0.6) is 5.75 Å². The summed E-state index contributed by atoms with van der Waals surface area (Å²) in [5.74, 6) is 0.0700. The number of carbonyl (C=O) groups excluding carboxylic acids is 1. The van der Waals surface area contributed by atoms with Crippen LogP contribution in [0.3, 0.4) is 0 Å². The van der Waals surface area contributed by atoms with Crippen molar-refractivity contribution in [3.63, 3.8) is 0 Å². The molecule has 1 N–H and O–H groups in total. The predicted molar refractivity (Wildman–Crippen MR) is 92.8 cm³/mol. The third kappa shape index (κ3) is 3.55. The standard InChI is InChI=1S/C16H14N2O4S2/c1-2-15(19)18-16-17-13-9-8-11(10-14(13)23-16)22-24(20,21)12-6-4-3-5-7-12/h3-10H,2H2,1H3,(H,17,18,19). The van der Waals surface area contributed by atoms with Crippen molar-refractivity contribution >= 4 is 42.7 Å². The van der Waals surface area contributed by atoms with E-state index in [1.54, 1.807) is 37.3 Å². The van der Waals surface area contributed by atoms with Crippen LogP contribution in [-0.4, -0.2) is 19.3 Å². The van der Waals surface area contributed by atoms with Crippen LogP contribution in [0.2, 0.25) is 0 Å². The molecule has 0 fully saturated rings. The van der Waals surface area contributed by atoms with Gasteiger partial charge in [0.2, 0.25) is 5.91 Å². The van der Waals surface area contributed by atoms with E-state index in [9.17, 15) is 13.2 Å². The van der Waals surface area contributed by atoms with E-state index >= 15 is 0 Å². The number of hydrogen-bond donors (Lipinski definition) is 1. The summed E-state index contributed by atoms with van der Waals surface area (Å²) in [6.45, 7) is 1.75. The van der Waals surface area contributed by atoms with Gasteiger partial charge in [-0.1, -0.05) is 36.5 Å². The Morgan fingerprint density at radius 3 is 2.67 bits per heavy atom. The molecule has 0 aliphatic rings. The van der Waals surface area contributed by atoms with Crippen molar-refractivity contribution in [2.75, 3.05) is 5.32 Å². The van der Waals surface area contributed by atoms with Gasteiger partial charge in [0.1, 0.15) is 10.6 Å². The SMILES string of the molecule is CCC(=O)Nc1nc2ccc(OS(=O)(=O)c3ccccc3)cc2s1. The molecule has 0 bridgehead atoms. The van der Waals surface area contributed by atoms with Gasteiger partial charge >= 0.3 is 10.1 Å². The maximum atomic E-state index is 12.2. The summed E-state index contributed by atoms with van der Waals surface area (Å²) in [7, 11) is -3.88. The normalized spacial score (nSPS) is 11.4. The minimum Gasteiger partial charge on any atom is -0.379 e. The van der Waals surface area contributed by atoms with Crippen molar-refractivity contribution in [3.05, 3.63) is 48.5 Å². The lowest BCUT2D eigenvalue weighted by Gasteiger charge is -2.06. The van der Waals surface area contributed by atoms with E-state index in [-0.39, 0.29) is 16.6 Å². The molecule has 0 atom stereocenters. The van der Waals surface area contributed by atoms with E-state index in [0.29, 0.717) is 17.1 Å². The van der Waals surface area contributed by atoms with Crippen LogP contribution in [0.15, 0.2) is 53.4 Å². The molecule has 3 aromatic rings. The zero-order chi connectivity index (χ0) is 17.2. The smallest absolute Gasteiger partial charge is 0.339 e. The van der Waals surface area contributed by atoms with Crippen molar-refractivity contribution in [3.8, 4) is 5.75 Å². The second kappa shape index (κ2) is 6.58. The molecule has 24 heavy (non-hydrogen) atoms. The molecule has 1 amide bonds. The van der Waals surface area contributed by atoms with Gasteiger partial charge in [0.25, 0.3) is 0 Å². The fourth-order valence-electron chi connectivity index (χ4n) is 1.98. The summed E-state index contributed by atoms with van der Waals surface area (Å²) in [4.78, 5) is 15.8. The zero-order valence-electron chi connectivity index (χ0n) is 12.7. The van der Waals surface area contributed by atoms with Gasteiger partial charge in [0.15, 0.2) is 5.13 Å². The molecular formula is C16H14N2O4S2. The Bertz CT molecular complexity index is 982. The number of benzene rings is 2. The number of hydrogen-bond acceptors (Lipinski definition) is 6. The van der Waals surface area contributed by atoms with Crippen LogP contribution in [-0.2, 0) is 14.9 Å². The Hall–Kier alpha value is -2.45. The summed E-state index contributed by atoms with van der Waals surface area (Å²) >= 11 is 1.26. The average molecular weight is 362 g/mol. The second-order valence-electron chi connectivity index (χ2n) is 4.90. The third-order valence-electron chi connectivity index (χ3n) is 3.17. The molecule has 0 aliphatic carbocycles. The summed E-state index contributed by atoms with van der Waals surface area (Å²) in [5.41, 5.74) is 0.663. The van der Waals surface area contributed by atoms with Gasteiger partial charge in [-0.25, -0.2) is 4.98 Å². The van der Waals surface area contributed by atoms with Crippen molar-refractivity contribution in [2.24, 2.45) is 0 Å². The van der Waals surface area contributed by atoms with Crippen LogP contribution in [0.1, 0.15) is 13.3 Å². The molecule has 8 heteroatoms. The van der Waals surface area contributed by atoms with Gasteiger partial charge in [0.05, 0.1) is 10.2 Å². The fourth-order valence-corrected chi connectivity index (χ4v) is 3.83. The molecule has 0 unspecified atom stereocenters. The average Bonchev–Trinajstić information content (AvgIpc) is 2.96. The van der Waals surface area contributed by atoms with Crippen LogP contribution in [0.4, 0.5) is 5.13 Å². The van der Waals surface area contributed by atoms with Crippen molar-refractivity contribution < 1.29 is 17.4 Å². The first-order valence-electron chi connectivity index (χ1n) is 7.18. The summed E-state index contributed by atoms with van der Waals surface area (Å²) in [6.07, 6.45) is 0.361. The number of fused-ring (bicyclic) bond motifs is 1. The van der Waals surface area contributed by atoms with E-state index in [4.69, 9.17) is 4.18 Å². The molecule has 0 saturated heterocycles. The highest BCUT2D eigenvalue weighted by atomic mass is 32.2. The lowest BCUT2D eigenvalue weighted by molar-refractivity contribution is -0.115. The maximum Gasteiger partial charge on any atom is 0.339 e. The molecule has 0 saturated carbocycles. The highest BCUT2D eigenvalue weighted by Gasteiger charge is 2.17. The molecule has 0 aliphatic heterocycles. The number of thiazole rings is 1. The van der Waals surface area contributed by atoms with E-state index in [0.717, 1.165) is 4.70 Å². The van der Waals surface area contributed by atoms with Crippen molar-refractivity contribution in [1.82, 2.24) is 4.98 Å². The van der Waals surface area contributed by atoms with Gasteiger partial charge in [-0.15, -0.1) is 0 Å². The molecule has 124 valence electrons. The van der Waals surface area contributed by atoms with E-state index in [1.807, 2.05) is 0 Å². The largest absolute Gasteiger partial charge is 0.379 e. The Morgan fingerprint density at radius 2 is 1.96 bits per heavy atom. The number of amides is 1. The quantitative estimate of drug-likeness (QED) is 0.703. The maximum absolute atomic E-state index is 12.2. The number of rotatable bonds is 5. The number of anilines is 1. The Kier molecular flexibility index (Phi) is 4.50. The molecule has 0 radical (unpaired) electrons. The number of nitrogens with zero attached hydrogens (tertiary/aromatic N) is 1. The molecule has 1 aromatic heterocycles. The minimum atomic E-state index is -3.88. The zero-order valence-corrected chi connectivity index (χ0v) is 14.4. The molecule has 6 nitrogen and oxygen atoms in total. The molecule has 1 heterocycles. The first-order chi connectivity index (χ1) is 11.5. The summed E-state index contributed by atoms with van der Waals surface area (Å²) < 4.78 is 30.4. The van der Waals surface area contributed by atoms with E-state index < -0.39 is 10.1 Å². The number of aromatic nitrogens is 1. The summed E-state index contributed by atoms with van der Waals surface area (Å²) in [6, 6.07) is 12.7. The lowest BCUT2D eigenvalue weighted by atomic mass is 10.3. The molecular weight excluding hydrogens is 348 g/mol. The minimum absolute atomic E-state index is 0.0882. The van der Waals surface area contributed by atoms with Crippen molar-refractivity contribution in [2.45, 2.75) is 18.2 Å². The molecule has 0 spiro atoms. The van der Waals surface area contributed by atoms with Crippen LogP contribution in [0, 0.1) is 0 Å². The monoisotopic (exact) mass is 362 g/mol. The predicted octanol–water partition coefficient (Wildman–Crippen LogP) is 3.41. The van der Waals surface area contributed by atoms with Crippen LogP contribution >= 0.6 is 11.3 Å². The van der Waals surface area contributed by atoms with Crippen LogP contribution in [0.25, 0.3) is 10.2 Å². The first kappa shape index (κ1) is 16.4. The third-order valence-corrected chi connectivity index (χ3v) is 5.36. The van der Waals surface area contributed by atoms with Crippen molar-refractivity contribution in [1.29, 1.82) is 0 Å². The Labute approximate surface area is 143 Å². The van der Waals surface area contributed by atoms with Gasteiger partial charge in [-0.3, -0.25) is 4.79 Å². The van der Waals surface area contributed by atoms with Gasteiger partial charge in [-0.05, 0) is 24.3 Å². The second-order valence-corrected chi connectivity index (χ2v) is 7.48. The first-order valence-corrected chi connectivity index (χ1v) is 9.40. The lowest BCUT2D eigenvalue weighted by Crippen LogP contribution is -2.09. The Morgan fingerprint density at radius 1 is 1.21 bits per heavy atom. The molecule has 3 rings (SSSR count).